The Morgan fingerprint density at radius 3 is 2.18 bits per heavy atom. The Labute approximate surface area is 190 Å². The van der Waals surface area contributed by atoms with Crippen LogP contribution in [0, 0.1) is 22.7 Å². The molecule has 1 heterocycles. The molecule has 3 N–H and O–H groups in total. The molecule has 0 saturated carbocycles. The third-order valence-electron chi connectivity index (χ3n) is 5.27. The number of hydroxylamine groups is 2. The first-order valence-corrected chi connectivity index (χ1v) is 9.99. The zero-order valence-electron chi connectivity index (χ0n) is 17.9. The van der Waals surface area contributed by atoms with E-state index in [9.17, 15) is 20.2 Å². The minimum Gasteiger partial charge on any atom is -0.487 e. The van der Waals surface area contributed by atoms with Gasteiger partial charge in [0.2, 0.25) is 0 Å². The van der Waals surface area contributed by atoms with Crippen LogP contribution in [0.5, 0.6) is 0 Å². The van der Waals surface area contributed by atoms with Crippen LogP contribution in [0.3, 0.4) is 0 Å². The Kier molecular flexibility index (Phi) is 7.31. The first-order valence-electron chi connectivity index (χ1n) is 9.99. The number of carboxylic acid groups (broad SMARTS) is 1. The van der Waals surface area contributed by atoms with Crippen LogP contribution in [0.25, 0.3) is 0 Å². The lowest BCUT2D eigenvalue weighted by Gasteiger charge is -2.32. The van der Waals surface area contributed by atoms with Gasteiger partial charge in [-0.2, -0.15) is 10.5 Å². The number of benzene rings is 2. The summed E-state index contributed by atoms with van der Waals surface area (Å²) < 4.78 is 5.91. The zero-order chi connectivity index (χ0) is 24.0. The summed E-state index contributed by atoms with van der Waals surface area (Å²) in [6.45, 7) is 1.22. The SMILES string of the molecule is CC1=C(OCc2ccc(C#N)cc2)C(CO)=C(CN(C(=O)O)c2ccc(C#N)cc2)CN1O. The summed E-state index contributed by atoms with van der Waals surface area (Å²) in [6.07, 6.45) is -1.22. The molecule has 1 amide bonds. The van der Waals surface area contributed by atoms with E-state index in [0.29, 0.717) is 33.7 Å². The van der Waals surface area contributed by atoms with Crippen molar-refractivity contribution in [2.45, 2.75) is 13.5 Å². The Bertz CT molecular complexity index is 1170. The average Bonchev–Trinajstić information content (AvgIpc) is 2.83. The molecule has 0 aromatic heterocycles. The fourth-order valence-corrected chi connectivity index (χ4v) is 3.42. The molecule has 0 atom stereocenters. The number of rotatable bonds is 7. The summed E-state index contributed by atoms with van der Waals surface area (Å²) in [5.41, 5.74) is 3.30. The molecule has 2 aromatic rings. The van der Waals surface area contributed by atoms with Gasteiger partial charge in [-0.15, -0.1) is 0 Å². The summed E-state index contributed by atoms with van der Waals surface area (Å²) in [7, 11) is 0. The van der Waals surface area contributed by atoms with E-state index in [4.69, 9.17) is 15.3 Å². The maximum atomic E-state index is 11.9. The van der Waals surface area contributed by atoms with Crippen molar-refractivity contribution in [1.29, 1.82) is 10.5 Å². The number of ether oxygens (including phenoxy) is 1. The van der Waals surface area contributed by atoms with Gasteiger partial charge in [0.05, 0.1) is 48.7 Å². The zero-order valence-corrected chi connectivity index (χ0v) is 17.9. The second kappa shape index (κ2) is 10.3. The summed E-state index contributed by atoms with van der Waals surface area (Å²) in [5, 5.41) is 49.1. The number of carbonyl (C=O) groups is 1. The van der Waals surface area contributed by atoms with E-state index in [1.165, 1.54) is 24.3 Å². The third-order valence-corrected chi connectivity index (χ3v) is 5.27. The van der Waals surface area contributed by atoms with E-state index in [0.717, 1.165) is 15.5 Å². The standard InChI is InChI=1S/C24H22N4O5/c1-16-23(33-15-19-4-2-17(10-25)3-5-19)22(14-29)20(13-28(16)32)12-27(24(30)31)21-8-6-18(11-26)7-9-21/h2-9,29,32H,12-15H2,1H3,(H,30,31). The van der Waals surface area contributed by atoms with Crippen LogP contribution in [-0.2, 0) is 11.3 Å². The van der Waals surface area contributed by atoms with Gasteiger partial charge < -0.3 is 14.9 Å². The highest BCUT2D eigenvalue weighted by atomic mass is 16.5. The quantitative estimate of drug-likeness (QED) is 0.588. The molecule has 3 rings (SSSR count). The van der Waals surface area contributed by atoms with Crippen molar-refractivity contribution in [3.63, 3.8) is 0 Å². The van der Waals surface area contributed by atoms with Gasteiger partial charge in [0.15, 0.2) is 0 Å². The van der Waals surface area contributed by atoms with Crippen molar-refractivity contribution < 1.29 is 25.0 Å². The number of nitriles is 2. The molecule has 0 spiro atoms. The van der Waals surface area contributed by atoms with Crippen molar-refractivity contribution in [1.82, 2.24) is 5.06 Å². The summed E-state index contributed by atoms with van der Waals surface area (Å²) >= 11 is 0. The number of amides is 1. The topological polar surface area (TPSA) is 141 Å². The van der Waals surface area contributed by atoms with Gasteiger partial charge in [-0.1, -0.05) is 12.1 Å². The maximum Gasteiger partial charge on any atom is 0.412 e. The summed E-state index contributed by atoms with van der Waals surface area (Å²) in [6, 6.07) is 16.9. The maximum absolute atomic E-state index is 11.9. The fourth-order valence-electron chi connectivity index (χ4n) is 3.42. The van der Waals surface area contributed by atoms with Crippen LogP contribution < -0.4 is 4.90 Å². The lowest BCUT2D eigenvalue weighted by molar-refractivity contribution is -0.0556. The van der Waals surface area contributed by atoms with Crippen molar-refractivity contribution in [2.75, 3.05) is 24.6 Å². The lowest BCUT2D eigenvalue weighted by Crippen LogP contribution is -2.37. The molecular formula is C24H22N4O5. The van der Waals surface area contributed by atoms with E-state index >= 15 is 0 Å². The fraction of sp³-hybridized carbons (Fsp3) is 0.208. The highest BCUT2D eigenvalue weighted by Gasteiger charge is 2.28. The van der Waals surface area contributed by atoms with Gasteiger partial charge in [-0.05, 0) is 54.5 Å². The van der Waals surface area contributed by atoms with Gasteiger partial charge in [-0.3, -0.25) is 15.2 Å². The van der Waals surface area contributed by atoms with Crippen molar-refractivity contribution in [3.05, 3.63) is 87.8 Å². The predicted octanol–water partition coefficient (Wildman–Crippen LogP) is 3.36. The van der Waals surface area contributed by atoms with E-state index in [2.05, 4.69) is 0 Å². The molecule has 168 valence electrons. The average molecular weight is 446 g/mol. The smallest absolute Gasteiger partial charge is 0.412 e. The Morgan fingerprint density at radius 1 is 1.09 bits per heavy atom. The molecule has 1 aliphatic rings. The monoisotopic (exact) mass is 446 g/mol. The van der Waals surface area contributed by atoms with Crippen LogP contribution in [-0.4, -0.2) is 46.3 Å². The predicted molar refractivity (Wildman–Crippen MR) is 118 cm³/mol. The van der Waals surface area contributed by atoms with Crippen LogP contribution in [0.15, 0.2) is 71.1 Å². The van der Waals surface area contributed by atoms with Crippen LogP contribution in [0.1, 0.15) is 23.6 Å². The minimum absolute atomic E-state index is 0.00842. The first kappa shape index (κ1) is 23.4. The number of aliphatic hydroxyl groups is 1. The molecule has 33 heavy (non-hydrogen) atoms. The second-order valence-corrected chi connectivity index (χ2v) is 7.34. The Hall–Kier alpha value is -4.31. The molecule has 0 radical (unpaired) electrons. The highest BCUT2D eigenvalue weighted by molar-refractivity contribution is 5.86. The number of nitrogens with zero attached hydrogens (tertiary/aromatic N) is 4. The number of hydrogen-bond donors (Lipinski definition) is 3. The van der Waals surface area contributed by atoms with Gasteiger partial charge in [0.25, 0.3) is 0 Å². The van der Waals surface area contributed by atoms with Crippen LogP contribution >= 0.6 is 0 Å². The Morgan fingerprint density at radius 2 is 1.67 bits per heavy atom. The molecular weight excluding hydrogens is 424 g/mol. The summed E-state index contributed by atoms with van der Waals surface area (Å²) in [4.78, 5) is 13.0. The lowest BCUT2D eigenvalue weighted by atomic mass is 10.0. The molecule has 9 heteroatoms. The van der Waals surface area contributed by atoms with E-state index in [-0.39, 0.29) is 25.5 Å². The summed E-state index contributed by atoms with van der Waals surface area (Å²) in [5.74, 6) is 0.260. The largest absolute Gasteiger partial charge is 0.487 e. The third kappa shape index (κ3) is 5.31. The molecule has 0 saturated heterocycles. The van der Waals surface area contributed by atoms with Gasteiger partial charge in [0.1, 0.15) is 12.4 Å². The molecule has 9 nitrogen and oxygen atoms in total. The molecule has 0 fully saturated rings. The van der Waals surface area contributed by atoms with Gasteiger partial charge >= 0.3 is 6.09 Å². The van der Waals surface area contributed by atoms with Crippen LogP contribution in [0.2, 0.25) is 0 Å². The van der Waals surface area contributed by atoms with Crippen molar-refractivity contribution in [3.8, 4) is 12.1 Å². The number of allylic oxidation sites excluding steroid dienone is 1. The van der Waals surface area contributed by atoms with E-state index in [1.807, 2.05) is 12.1 Å². The first-order chi connectivity index (χ1) is 15.9. The number of anilines is 1. The van der Waals surface area contributed by atoms with Gasteiger partial charge in [-0.25, -0.2) is 4.79 Å². The minimum atomic E-state index is -1.22. The van der Waals surface area contributed by atoms with E-state index < -0.39 is 12.7 Å². The van der Waals surface area contributed by atoms with E-state index in [1.54, 1.807) is 31.2 Å². The second-order valence-electron chi connectivity index (χ2n) is 7.34. The molecule has 0 unspecified atom stereocenters. The van der Waals surface area contributed by atoms with Crippen LogP contribution in [0.4, 0.5) is 10.5 Å². The Balaban J connectivity index is 1.88. The van der Waals surface area contributed by atoms with Crippen molar-refractivity contribution in [2.24, 2.45) is 0 Å². The molecule has 0 aliphatic carbocycles. The highest BCUT2D eigenvalue weighted by Crippen LogP contribution is 2.30. The normalized spacial score (nSPS) is 13.4. The van der Waals surface area contributed by atoms with Gasteiger partial charge in [0, 0.05) is 11.3 Å². The molecule has 0 bridgehead atoms. The molecule has 2 aromatic carbocycles. The van der Waals surface area contributed by atoms with Crippen molar-refractivity contribution >= 4 is 11.8 Å². The number of aliphatic hydroxyl groups excluding tert-OH is 1. The number of hydrogen-bond acceptors (Lipinski definition) is 7. The molecule has 1 aliphatic heterocycles.